The lowest BCUT2D eigenvalue weighted by Gasteiger charge is -2.23. The molecule has 0 bridgehead atoms. The number of aliphatic hydroxyl groups excluding tert-OH is 1. The van der Waals surface area contributed by atoms with E-state index in [9.17, 15) is 14.7 Å². The van der Waals surface area contributed by atoms with Gasteiger partial charge in [0.05, 0.1) is 12.5 Å². The fourth-order valence-corrected chi connectivity index (χ4v) is 2.60. The first-order chi connectivity index (χ1) is 13.1. The van der Waals surface area contributed by atoms with Crippen molar-refractivity contribution < 1.29 is 19.4 Å². The van der Waals surface area contributed by atoms with Crippen molar-refractivity contribution in [3.8, 4) is 0 Å². The van der Waals surface area contributed by atoms with Crippen molar-refractivity contribution in [2.75, 3.05) is 19.7 Å². The summed E-state index contributed by atoms with van der Waals surface area (Å²) in [6, 6.07) is 18.2. The van der Waals surface area contributed by atoms with Crippen LogP contribution in [0.25, 0.3) is 0 Å². The van der Waals surface area contributed by atoms with Gasteiger partial charge in [-0.3, -0.25) is 9.59 Å². The van der Waals surface area contributed by atoms with Gasteiger partial charge >= 0.3 is 0 Å². The Morgan fingerprint density at radius 2 is 1.59 bits per heavy atom. The molecule has 0 aromatic heterocycles. The Morgan fingerprint density at radius 3 is 2.22 bits per heavy atom. The van der Waals surface area contributed by atoms with Crippen LogP contribution in [0.4, 0.5) is 0 Å². The van der Waals surface area contributed by atoms with Gasteiger partial charge in [0.25, 0.3) is 5.91 Å². The van der Waals surface area contributed by atoms with Crippen LogP contribution in [0.1, 0.15) is 22.8 Å². The minimum Gasteiger partial charge on any atom is -0.388 e. The highest BCUT2D eigenvalue weighted by Crippen LogP contribution is 2.03. The molecule has 0 unspecified atom stereocenters. The lowest BCUT2D eigenvalue weighted by Crippen LogP contribution is -2.46. The molecule has 0 saturated carbocycles. The van der Waals surface area contributed by atoms with Gasteiger partial charge in [0.2, 0.25) is 5.91 Å². The molecule has 144 valence electrons. The highest BCUT2D eigenvalue weighted by atomic mass is 16.5. The summed E-state index contributed by atoms with van der Waals surface area (Å²) in [4.78, 5) is 24.1. The molecular weight excluding hydrogens is 344 g/mol. The molecule has 0 spiro atoms. The molecule has 0 fully saturated rings. The Bertz CT molecular complexity index is 707. The Kier molecular flexibility index (Phi) is 8.48. The molecule has 0 radical (unpaired) electrons. The van der Waals surface area contributed by atoms with Crippen molar-refractivity contribution >= 4 is 11.8 Å². The molecule has 2 amide bonds. The first-order valence-electron chi connectivity index (χ1n) is 9.03. The number of hydrogen-bond acceptors (Lipinski definition) is 4. The smallest absolute Gasteiger partial charge is 0.251 e. The van der Waals surface area contributed by atoms with Crippen molar-refractivity contribution in [2.45, 2.75) is 25.6 Å². The van der Waals surface area contributed by atoms with Crippen LogP contribution in [0, 0.1) is 0 Å². The summed E-state index contributed by atoms with van der Waals surface area (Å²) in [6.07, 6.45) is -1.28. The summed E-state index contributed by atoms with van der Waals surface area (Å²) in [7, 11) is 0. The van der Waals surface area contributed by atoms with Gasteiger partial charge < -0.3 is 20.5 Å². The monoisotopic (exact) mass is 370 g/mol. The molecule has 2 aromatic carbocycles. The van der Waals surface area contributed by atoms with E-state index in [4.69, 9.17) is 4.74 Å². The lowest BCUT2D eigenvalue weighted by molar-refractivity contribution is -0.121. The summed E-state index contributed by atoms with van der Waals surface area (Å²) in [5, 5.41) is 15.8. The molecule has 6 heteroatoms. The van der Waals surface area contributed by atoms with Crippen LogP contribution in [-0.4, -0.2) is 48.8 Å². The fraction of sp³-hybridized carbons (Fsp3) is 0.333. The number of ether oxygens (including phenoxy) is 1. The Hall–Kier alpha value is -2.70. The SMILES string of the molecule is CCO[C@H](CNC(=O)Cc1ccccc1)[C@@H](O)CNC(=O)c1ccccc1. The molecule has 3 N–H and O–H groups in total. The molecule has 0 aliphatic heterocycles. The number of carbonyl (C=O) groups excluding carboxylic acids is 2. The highest BCUT2D eigenvalue weighted by Gasteiger charge is 2.21. The predicted molar refractivity (Wildman–Crippen MR) is 103 cm³/mol. The molecule has 0 aliphatic carbocycles. The van der Waals surface area contributed by atoms with Crippen LogP contribution in [0.2, 0.25) is 0 Å². The van der Waals surface area contributed by atoms with E-state index in [-0.39, 0.29) is 31.3 Å². The summed E-state index contributed by atoms with van der Waals surface area (Å²) in [6.45, 7) is 2.41. The second-order valence-corrected chi connectivity index (χ2v) is 6.10. The van der Waals surface area contributed by atoms with Gasteiger partial charge in [0.1, 0.15) is 6.10 Å². The van der Waals surface area contributed by atoms with Crippen LogP contribution < -0.4 is 10.6 Å². The zero-order valence-electron chi connectivity index (χ0n) is 15.4. The van der Waals surface area contributed by atoms with Crippen LogP contribution in [0.5, 0.6) is 0 Å². The second kappa shape index (κ2) is 11.1. The summed E-state index contributed by atoms with van der Waals surface area (Å²) in [5.74, 6) is -0.413. The molecule has 2 atom stereocenters. The van der Waals surface area contributed by atoms with Gasteiger partial charge in [0.15, 0.2) is 0 Å². The molecule has 2 rings (SSSR count). The van der Waals surface area contributed by atoms with Crippen LogP contribution in [0.15, 0.2) is 60.7 Å². The van der Waals surface area contributed by atoms with Crippen molar-refractivity contribution in [3.05, 3.63) is 71.8 Å². The average Bonchev–Trinajstić information content (AvgIpc) is 2.70. The molecule has 0 heterocycles. The zero-order valence-corrected chi connectivity index (χ0v) is 15.4. The van der Waals surface area contributed by atoms with Crippen LogP contribution in [0.3, 0.4) is 0 Å². The van der Waals surface area contributed by atoms with Gasteiger partial charge in [-0.2, -0.15) is 0 Å². The van der Waals surface area contributed by atoms with E-state index >= 15 is 0 Å². The van der Waals surface area contributed by atoms with Gasteiger partial charge in [-0.25, -0.2) is 0 Å². The average molecular weight is 370 g/mol. The first-order valence-corrected chi connectivity index (χ1v) is 9.03. The fourth-order valence-electron chi connectivity index (χ4n) is 2.60. The van der Waals surface area contributed by atoms with Gasteiger partial charge in [-0.15, -0.1) is 0 Å². The maximum absolute atomic E-state index is 12.1. The number of aliphatic hydroxyl groups is 1. The lowest BCUT2D eigenvalue weighted by atomic mass is 10.1. The third-order valence-electron chi connectivity index (χ3n) is 4.03. The third kappa shape index (κ3) is 7.21. The van der Waals surface area contributed by atoms with Gasteiger partial charge in [-0.1, -0.05) is 48.5 Å². The molecule has 0 saturated heterocycles. The van der Waals surface area contributed by atoms with E-state index in [0.29, 0.717) is 12.2 Å². The minimum atomic E-state index is -0.936. The molecule has 27 heavy (non-hydrogen) atoms. The third-order valence-corrected chi connectivity index (χ3v) is 4.03. The molecule has 0 aliphatic rings. The van der Waals surface area contributed by atoms with Crippen molar-refractivity contribution in [2.24, 2.45) is 0 Å². The van der Waals surface area contributed by atoms with E-state index in [1.165, 1.54) is 0 Å². The quantitative estimate of drug-likeness (QED) is 0.592. The first kappa shape index (κ1) is 20.6. The summed E-state index contributed by atoms with van der Waals surface area (Å²) in [5.41, 5.74) is 1.44. The summed E-state index contributed by atoms with van der Waals surface area (Å²) < 4.78 is 5.53. The highest BCUT2D eigenvalue weighted by molar-refractivity contribution is 5.94. The van der Waals surface area contributed by atoms with Crippen LogP contribution in [-0.2, 0) is 16.0 Å². The van der Waals surface area contributed by atoms with E-state index < -0.39 is 12.2 Å². The molecule has 6 nitrogen and oxygen atoms in total. The summed E-state index contributed by atoms with van der Waals surface area (Å²) >= 11 is 0. The van der Waals surface area contributed by atoms with E-state index in [2.05, 4.69) is 10.6 Å². The van der Waals surface area contributed by atoms with Crippen molar-refractivity contribution in [1.82, 2.24) is 10.6 Å². The molecule has 2 aromatic rings. The number of rotatable bonds is 10. The van der Waals surface area contributed by atoms with E-state index in [1.54, 1.807) is 24.3 Å². The number of amides is 2. The second-order valence-electron chi connectivity index (χ2n) is 6.10. The zero-order chi connectivity index (χ0) is 19.5. The Morgan fingerprint density at radius 1 is 0.963 bits per heavy atom. The van der Waals surface area contributed by atoms with Gasteiger partial charge in [-0.05, 0) is 24.6 Å². The number of hydrogen-bond donors (Lipinski definition) is 3. The van der Waals surface area contributed by atoms with E-state index in [1.807, 2.05) is 43.3 Å². The maximum atomic E-state index is 12.1. The number of nitrogens with one attached hydrogen (secondary N) is 2. The van der Waals surface area contributed by atoms with Crippen molar-refractivity contribution in [1.29, 1.82) is 0 Å². The van der Waals surface area contributed by atoms with E-state index in [0.717, 1.165) is 5.56 Å². The standard InChI is InChI=1S/C21H26N2O4/c1-2-27-19(15-22-20(25)13-16-9-5-3-6-10-16)18(24)14-23-21(26)17-11-7-4-8-12-17/h3-12,18-19,24H,2,13-15H2,1H3,(H,22,25)(H,23,26)/t18-,19+/m0/s1. The molecular formula is C21H26N2O4. The minimum absolute atomic E-state index is 0.0347. The normalized spacial score (nSPS) is 12.8. The Balaban J connectivity index is 1.80. The Labute approximate surface area is 159 Å². The predicted octanol–water partition coefficient (Wildman–Crippen LogP) is 1.54. The van der Waals surface area contributed by atoms with Gasteiger partial charge in [0, 0.05) is 25.3 Å². The number of carbonyl (C=O) groups is 2. The maximum Gasteiger partial charge on any atom is 0.251 e. The van der Waals surface area contributed by atoms with Crippen LogP contribution >= 0.6 is 0 Å². The van der Waals surface area contributed by atoms with Crippen molar-refractivity contribution in [3.63, 3.8) is 0 Å². The number of benzene rings is 2. The topological polar surface area (TPSA) is 87.7 Å². The largest absolute Gasteiger partial charge is 0.388 e.